The van der Waals surface area contributed by atoms with Gasteiger partial charge in [-0.2, -0.15) is 0 Å². The van der Waals surface area contributed by atoms with E-state index in [1.54, 1.807) is 0 Å². The number of rotatable bonds is 4. The summed E-state index contributed by atoms with van der Waals surface area (Å²) in [5.41, 5.74) is 0. The van der Waals surface area contributed by atoms with E-state index in [4.69, 9.17) is 33.2 Å². The van der Waals surface area contributed by atoms with Crippen LogP contribution in [-0.4, -0.2) is 6.00 Å². The van der Waals surface area contributed by atoms with Gasteiger partial charge in [0.1, 0.15) is 0 Å². The van der Waals surface area contributed by atoms with Gasteiger partial charge in [0.2, 0.25) is 0 Å². The van der Waals surface area contributed by atoms with Crippen molar-refractivity contribution < 1.29 is 0 Å². The lowest BCUT2D eigenvalue weighted by Crippen LogP contribution is -2.07. The smallest absolute Gasteiger partial charge is 0.126 e. The molecular formula is C6H11Cl3Si. The molecular weight excluding hydrogens is 207 g/mol. The summed E-state index contributed by atoms with van der Waals surface area (Å²) in [5, 5.41) is 0. The largest absolute Gasteiger partial charge is 0.341 e. The summed E-state index contributed by atoms with van der Waals surface area (Å²) in [7, 11) is 0. The van der Waals surface area contributed by atoms with E-state index in [0.29, 0.717) is 0 Å². The Balaban J connectivity index is 3.20. The lowest BCUT2D eigenvalue weighted by molar-refractivity contribution is 0.948. The van der Waals surface area contributed by atoms with Crippen molar-refractivity contribution in [3.63, 3.8) is 0 Å². The summed E-state index contributed by atoms with van der Waals surface area (Å²) in [4.78, 5) is 0. The Morgan fingerprint density at radius 2 is 1.90 bits per heavy atom. The van der Waals surface area contributed by atoms with E-state index < -0.39 is 6.00 Å². The van der Waals surface area contributed by atoms with Gasteiger partial charge in [-0.1, -0.05) is 12.2 Å². The predicted molar refractivity (Wildman–Crippen MR) is 52.2 cm³/mol. The van der Waals surface area contributed by atoms with Gasteiger partial charge < -0.3 is 0 Å². The number of halogens is 3. The number of allylic oxidation sites excluding steroid dienone is 2. The van der Waals surface area contributed by atoms with Crippen LogP contribution in [0.15, 0.2) is 12.2 Å². The van der Waals surface area contributed by atoms with Crippen LogP contribution in [0.4, 0.5) is 0 Å². The van der Waals surface area contributed by atoms with Crippen LogP contribution in [0, 0.1) is 0 Å². The van der Waals surface area contributed by atoms with Crippen molar-refractivity contribution in [2.75, 3.05) is 0 Å². The fourth-order valence-electron chi connectivity index (χ4n) is 0.587. The van der Waals surface area contributed by atoms with Crippen molar-refractivity contribution in [3.8, 4) is 0 Å². The monoisotopic (exact) mass is 216 g/mol. The maximum absolute atomic E-state index is 5.66. The molecule has 0 heterocycles. The molecule has 0 aliphatic rings. The van der Waals surface area contributed by atoms with Crippen LogP contribution >= 0.6 is 33.2 Å². The molecule has 0 aromatic rings. The maximum atomic E-state index is 5.66. The zero-order valence-corrected chi connectivity index (χ0v) is 9.18. The highest BCUT2D eigenvalue weighted by Gasteiger charge is 2.23. The lowest BCUT2D eigenvalue weighted by Gasteiger charge is -2.04. The molecule has 0 nitrogen and oxygen atoms in total. The highest BCUT2D eigenvalue weighted by molar-refractivity contribution is 7.64. The van der Waals surface area contributed by atoms with Crippen LogP contribution in [-0.2, 0) is 0 Å². The summed E-state index contributed by atoms with van der Waals surface area (Å²) in [6.45, 7) is 1.99. The lowest BCUT2D eigenvalue weighted by atomic mass is 10.3. The van der Waals surface area contributed by atoms with E-state index in [1.807, 2.05) is 13.0 Å². The first-order chi connectivity index (χ1) is 4.56. The Morgan fingerprint density at radius 3 is 2.30 bits per heavy atom. The number of unbranched alkanes of at least 4 members (excludes halogenated alkanes) is 1. The van der Waals surface area contributed by atoms with Crippen LogP contribution < -0.4 is 0 Å². The van der Waals surface area contributed by atoms with E-state index in [-0.39, 0.29) is 0 Å². The van der Waals surface area contributed by atoms with Gasteiger partial charge >= 0.3 is 6.00 Å². The molecule has 0 N–H and O–H groups in total. The van der Waals surface area contributed by atoms with Gasteiger partial charge in [-0.3, -0.25) is 0 Å². The van der Waals surface area contributed by atoms with Crippen molar-refractivity contribution in [2.45, 2.75) is 25.8 Å². The van der Waals surface area contributed by atoms with Crippen LogP contribution in [0.2, 0.25) is 6.04 Å². The molecule has 0 aliphatic carbocycles. The van der Waals surface area contributed by atoms with Gasteiger partial charge in [0.05, 0.1) is 0 Å². The first-order valence-corrected chi connectivity index (χ1v) is 8.48. The summed E-state index contributed by atoms with van der Waals surface area (Å²) in [6, 6.07) is -1.56. The minimum Gasteiger partial charge on any atom is -0.126 e. The van der Waals surface area contributed by atoms with Crippen molar-refractivity contribution in [2.24, 2.45) is 0 Å². The molecule has 0 amide bonds. The standard InChI is InChI=1S/C6H11Cl3Si/c1-2-3-4-5-6-10(7,8)9/h2-3H,4-6H2,1H3. The molecule has 0 aromatic carbocycles. The molecule has 4 heteroatoms. The van der Waals surface area contributed by atoms with Crippen molar-refractivity contribution in [1.29, 1.82) is 0 Å². The van der Waals surface area contributed by atoms with E-state index in [1.165, 1.54) is 0 Å². The topological polar surface area (TPSA) is 0 Å². The highest BCUT2D eigenvalue weighted by atomic mass is 35.8. The molecule has 10 heavy (non-hydrogen) atoms. The van der Waals surface area contributed by atoms with Gasteiger partial charge in [0.15, 0.2) is 0 Å². The van der Waals surface area contributed by atoms with E-state index >= 15 is 0 Å². The highest BCUT2D eigenvalue weighted by Crippen LogP contribution is 2.26. The normalized spacial score (nSPS) is 12.8. The second kappa shape index (κ2) is 5.47. The first-order valence-electron chi connectivity index (χ1n) is 3.24. The zero-order valence-electron chi connectivity index (χ0n) is 5.91. The molecule has 0 unspecified atom stereocenters. The average molecular weight is 218 g/mol. The quantitative estimate of drug-likeness (QED) is 0.289. The summed E-state index contributed by atoms with van der Waals surface area (Å²) >= 11 is 17.0. The van der Waals surface area contributed by atoms with E-state index in [9.17, 15) is 0 Å². The van der Waals surface area contributed by atoms with Crippen LogP contribution in [0.25, 0.3) is 0 Å². The second-order valence-corrected chi connectivity index (χ2v) is 11.4. The van der Waals surface area contributed by atoms with Crippen LogP contribution in [0.1, 0.15) is 19.8 Å². The Labute approximate surface area is 77.3 Å². The molecule has 0 fully saturated rings. The predicted octanol–water partition coefficient (Wildman–Crippen LogP) is 4.00. The number of hydrogen-bond donors (Lipinski definition) is 0. The Bertz CT molecular complexity index is 106. The Hall–Kier alpha value is 0.827. The molecule has 0 atom stereocenters. The minimum absolute atomic E-state index is 0.766. The molecule has 0 saturated heterocycles. The van der Waals surface area contributed by atoms with Crippen LogP contribution in [0.5, 0.6) is 0 Å². The molecule has 0 rings (SSSR count). The van der Waals surface area contributed by atoms with E-state index in [0.717, 1.165) is 18.9 Å². The second-order valence-electron chi connectivity index (χ2n) is 2.08. The van der Waals surface area contributed by atoms with E-state index in [2.05, 4.69) is 6.08 Å². The van der Waals surface area contributed by atoms with Crippen molar-refractivity contribution in [3.05, 3.63) is 12.2 Å². The zero-order chi connectivity index (χ0) is 8.04. The summed E-state index contributed by atoms with van der Waals surface area (Å²) < 4.78 is 0. The average Bonchev–Trinajstić information content (AvgIpc) is 1.78. The first kappa shape index (κ1) is 10.8. The molecule has 60 valence electrons. The molecule has 0 spiro atoms. The van der Waals surface area contributed by atoms with Crippen LogP contribution in [0.3, 0.4) is 0 Å². The third-order valence-corrected chi connectivity index (χ3v) is 3.69. The molecule has 0 aliphatic heterocycles. The van der Waals surface area contributed by atoms with Crippen molar-refractivity contribution in [1.82, 2.24) is 0 Å². The van der Waals surface area contributed by atoms with Gasteiger partial charge in [-0.25, -0.2) is 0 Å². The third-order valence-electron chi connectivity index (χ3n) is 1.07. The van der Waals surface area contributed by atoms with Gasteiger partial charge in [-0.05, 0) is 25.8 Å². The molecule has 0 radical (unpaired) electrons. The van der Waals surface area contributed by atoms with Gasteiger partial charge in [-0.15, -0.1) is 33.2 Å². The Kier molecular flexibility index (Phi) is 5.93. The molecule has 0 bridgehead atoms. The third kappa shape index (κ3) is 8.83. The van der Waals surface area contributed by atoms with Crippen molar-refractivity contribution >= 4 is 39.2 Å². The molecule has 0 aromatic heterocycles. The SMILES string of the molecule is CC=CCCC[Si](Cl)(Cl)Cl. The maximum Gasteiger partial charge on any atom is 0.341 e. The summed E-state index contributed by atoms with van der Waals surface area (Å²) in [5.74, 6) is 0. The fourth-order valence-corrected chi connectivity index (χ4v) is 2.39. The van der Waals surface area contributed by atoms with Gasteiger partial charge in [0.25, 0.3) is 0 Å². The molecule has 0 saturated carbocycles. The van der Waals surface area contributed by atoms with Gasteiger partial charge in [0, 0.05) is 0 Å². The Morgan fingerprint density at radius 1 is 1.30 bits per heavy atom. The number of hydrogen-bond acceptors (Lipinski definition) is 0. The fraction of sp³-hybridized carbons (Fsp3) is 0.667. The minimum atomic E-state index is -2.32. The summed E-state index contributed by atoms with van der Waals surface area (Å²) in [6.07, 6.45) is 6.12.